The highest BCUT2D eigenvalue weighted by atomic mass is 32.2. The molecule has 16 heavy (non-hydrogen) atoms. The van der Waals surface area contributed by atoms with Gasteiger partial charge in [0.05, 0.1) is 11.3 Å². The SMILES string of the molecule is CSc1nc(C)nc(N)c1-c1ccccn1. The number of nitrogens with zero attached hydrogens (tertiary/aromatic N) is 3. The van der Waals surface area contributed by atoms with Crippen LogP contribution in [-0.4, -0.2) is 21.2 Å². The molecule has 2 aromatic heterocycles. The van der Waals surface area contributed by atoms with Crippen molar-refractivity contribution in [2.75, 3.05) is 12.0 Å². The van der Waals surface area contributed by atoms with E-state index in [9.17, 15) is 0 Å². The Hall–Kier alpha value is -1.62. The molecule has 0 aliphatic rings. The van der Waals surface area contributed by atoms with E-state index in [4.69, 9.17) is 5.73 Å². The van der Waals surface area contributed by atoms with Crippen molar-refractivity contribution in [2.24, 2.45) is 0 Å². The zero-order valence-corrected chi connectivity index (χ0v) is 9.95. The van der Waals surface area contributed by atoms with Crippen molar-refractivity contribution < 1.29 is 0 Å². The number of pyridine rings is 1. The lowest BCUT2D eigenvalue weighted by molar-refractivity contribution is 0.977. The van der Waals surface area contributed by atoms with Gasteiger partial charge in [-0.3, -0.25) is 4.98 Å². The van der Waals surface area contributed by atoms with Gasteiger partial charge < -0.3 is 5.73 Å². The van der Waals surface area contributed by atoms with E-state index in [1.807, 2.05) is 31.4 Å². The van der Waals surface area contributed by atoms with Crippen molar-refractivity contribution in [3.63, 3.8) is 0 Å². The van der Waals surface area contributed by atoms with Gasteiger partial charge in [0.1, 0.15) is 16.7 Å². The summed E-state index contributed by atoms with van der Waals surface area (Å²) in [4.78, 5) is 12.8. The van der Waals surface area contributed by atoms with Crippen molar-refractivity contribution in [1.29, 1.82) is 0 Å². The molecule has 5 heteroatoms. The lowest BCUT2D eigenvalue weighted by atomic mass is 10.2. The number of aryl methyl sites for hydroxylation is 1. The number of aromatic nitrogens is 3. The van der Waals surface area contributed by atoms with Crippen molar-refractivity contribution in [3.05, 3.63) is 30.2 Å². The number of hydrogen-bond donors (Lipinski definition) is 1. The lowest BCUT2D eigenvalue weighted by Gasteiger charge is -2.09. The molecule has 0 amide bonds. The summed E-state index contributed by atoms with van der Waals surface area (Å²) in [5.74, 6) is 1.16. The minimum absolute atomic E-state index is 0.482. The Kier molecular flexibility index (Phi) is 3.05. The summed E-state index contributed by atoms with van der Waals surface area (Å²) in [5.41, 5.74) is 7.55. The Balaban J connectivity index is 2.64. The molecule has 0 unspecified atom stereocenters. The van der Waals surface area contributed by atoms with Crippen LogP contribution in [0.2, 0.25) is 0 Å². The van der Waals surface area contributed by atoms with E-state index in [1.165, 1.54) is 0 Å². The zero-order chi connectivity index (χ0) is 11.5. The molecule has 82 valence electrons. The molecule has 2 aromatic rings. The fraction of sp³-hybridized carbons (Fsp3) is 0.182. The van der Waals surface area contributed by atoms with Crippen molar-refractivity contribution in [2.45, 2.75) is 11.9 Å². The molecule has 0 spiro atoms. The third kappa shape index (κ3) is 1.99. The van der Waals surface area contributed by atoms with Crippen LogP contribution in [0.15, 0.2) is 29.4 Å². The molecule has 0 aliphatic carbocycles. The van der Waals surface area contributed by atoms with Crippen molar-refractivity contribution in [3.8, 4) is 11.3 Å². The van der Waals surface area contributed by atoms with Crippen LogP contribution in [0.3, 0.4) is 0 Å². The van der Waals surface area contributed by atoms with Crippen molar-refractivity contribution >= 4 is 17.6 Å². The van der Waals surface area contributed by atoms with E-state index >= 15 is 0 Å². The van der Waals surface area contributed by atoms with Gasteiger partial charge in [-0.05, 0) is 25.3 Å². The zero-order valence-electron chi connectivity index (χ0n) is 9.14. The molecule has 0 radical (unpaired) electrons. The standard InChI is InChI=1S/C11H12N4S/c1-7-14-10(12)9(11(15-7)16-2)8-5-3-4-6-13-8/h3-6H,1-2H3,(H2,12,14,15). The van der Waals surface area contributed by atoms with Crippen LogP contribution in [0.5, 0.6) is 0 Å². The monoisotopic (exact) mass is 232 g/mol. The van der Waals surface area contributed by atoms with Gasteiger partial charge in [0.25, 0.3) is 0 Å². The summed E-state index contributed by atoms with van der Waals surface area (Å²) in [6.07, 6.45) is 3.70. The van der Waals surface area contributed by atoms with E-state index in [0.29, 0.717) is 11.6 Å². The first-order chi connectivity index (χ1) is 7.72. The number of thioether (sulfide) groups is 1. The first kappa shape index (κ1) is 10.9. The third-order valence-electron chi connectivity index (χ3n) is 2.13. The molecular weight excluding hydrogens is 220 g/mol. The van der Waals surface area contributed by atoms with Crippen LogP contribution in [-0.2, 0) is 0 Å². The van der Waals surface area contributed by atoms with Gasteiger partial charge in [0.15, 0.2) is 0 Å². The number of nitrogen functional groups attached to an aromatic ring is 1. The maximum atomic E-state index is 5.93. The average molecular weight is 232 g/mol. The highest BCUT2D eigenvalue weighted by Crippen LogP contribution is 2.31. The van der Waals surface area contributed by atoms with Crippen molar-refractivity contribution in [1.82, 2.24) is 15.0 Å². The smallest absolute Gasteiger partial charge is 0.137 e. The third-order valence-corrected chi connectivity index (χ3v) is 2.81. The van der Waals surface area contributed by atoms with Crippen LogP contribution in [0.1, 0.15) is 5.82 Å². The fourth-order valence-corrected chi connectivity index (χ4v) is 2.10. The van der Waals surface area contributed by atoms with Gasteiger partial charge in [-0.25, -0.2) is 9.97 Å². The summed E-state index contributed by atoms with van der Waals surface area (Å²) in [6, 6.07) is 5.70. The summed E-state index contributed by atoms with van der Waals surface area (Å²) in [7, 11) is 0. The molecular formula is C11H12N4S. The fourth-order valence-electron chi connectivity index (χ4n) is 1.47. The normalized spacial score (nSPS) is 10.4. The molecule has 0 fully saturated rings. The maximum absolute atomic E-state index is 5.93. The molecule has 0 bridgehead atoms. The van der Waals surface area contributed by atoms with E-state index in [2.05, 4.69) is 15.0 Å². The van der Waals surface area contributed by atoms with Gasteiger partial charge in [-0.1, -0.05) is 6.07 Å². The Bertz CT molecular complexity index is 499. The topological polar surface area (TPSA) is 64.7 Å². The predicted octanol–water partition coefficient (Wildman–Crippen LogP) is 2.15. The molecule has 2 heterocycles. The van der Waals surface area contributed by atoms with Crippen LogP contribution >= 0.6 is 11.8 Å². The summed E-state index contributed by atoms with van der Waals surface area (Å²) < 4.78 is 0. The van der Waals surface area contributed by atoms with Crippen LogP contribution < -0.4 is 5.73 Å². The lowest BCUT2D eigenvalue weighted by Crippen LogP contribution is -2.02. The van der Waals surface area contributed by atoms with E-state index in [1.54, 1.807) is 18.0 Å². The largest absolute Gasteiger partial charge is 0.383 e. The molecule has 4 nitrogen and oxygen atoms in total. The Morgan fingerprint density at radius 3 is 2.69 bits per heavy atom. The summed E-state index contributed by atoms with van der Waals surface area (Å²) in [5, 5.41) is 0.865. The summed E-state index contributed by atoms with van der Waals surface area (Å²) in [6.45, 7) is 1.83. The molecule has 2 N–H and O–H groups in total. The second-order valence-electron chi connectivity index (χ2n) is 3.26. The number of anilines is 1. The average Bonchev–Trinajstić information content (AvgIpc) is 2.29. The maximum Gasteiger partial charge on any atom is 0.137 e. The second kappa shape index (κ2) is 4.49. The number of nitrogens with two attached hydrogens (primary N) is 1. The Morgan fingerprint density at radius 1 is 1.25 bits per heavy atom. The summed E-state index contributed by atoms with van der Waals surface area (Å²) >= 11 is 1.55. The van der Waals surface area contributed by atoms with Gasteiger partial charge in [0.2, 0.25) is 0 Å². The Labute approximate surface area is 98.3 Å². The quantitative estimate of drug-likeness (QED) is 0.635. The molecule has 0 saturated heterocycles. The first-order valence-electron chi connectivity index (χ1n) is 4.82. The second-order valence-corrected chi connectivity index (χ2v) is 4.05. The van der Waals surface area contributed by atoms with E-state index < -0.39 is 0 Å². The van der Waals surface area contributed by atoms with Gasteiger partial charge in [0, 0.05) is 6.20 Å². The molecule has 0 saturated carbocycles. The van der Waals surface area contributed by atoms with Crippen LogP contribution in [0, 0.1) is 6.92 Å². The molecule has 2 rings (SSSR count). The number of rotatable bonds is 2. The van der Waals surface area contributed by atoms with Crippen LogP contribution in [0.25, 0.3) is 11.3 Å². The minimum atomic E-state index is 0.482. The minimum Gasteiger partial charge on any atom is -0.383 e. The molecule has 0 aliphatic heterocycles. The Morgan fingerprint density at radius 2 is 2.06 bits per heavy atom. The number of hydrogen-bond acceptors (Lipinski definition) is 5. The van der Waals surface area contributed by atoms with Gasteiger partial charge in [-0.15, -0.1) is 11.8 Å². The van der Waals surface area contributed by atoms with E-state index in [0.717, 1.165) is 16.3 Å². The highest BCUT2D eigenvalue weighted by molar-refractivity contribution is 7.98. The first-order valence-corrected chi connectivity index (χ1v) is 6.04. The van der Waals surface area contributed by atoms with Gasteiger partial charge >= 0.3 is 0 Å². The predicted molar refractivity (Wildman–Crippen MR) is 66.2 cm³/mol. The molecule has 0 atom stereocenters. The van der Waals surface area contributed by atoms with E-state index in [-0.39, 0.29) is 0 Å². The molecule has 0 aromatic carbocycles. The van der Waals surface area contributed by atoms with Gasteiger partial charge in [-0.2, -0.15) is 0 Å². The highest BCUT2D eigenvalue weighted by Gasteiger charge is 2.12. The van der Waals surface area contributed by atoms with Crippen LogP contribution in [0.4, 0.5) is 5.82 Å².